The molecule has 0 spiro atoms. The Morgan fingerprint density at radius 1 is 1.19 bits per heavy atom. The summed E-state index contributed by atoms with van der Waals surface area (Å²) in [5, 5.41) is 13.6. The lowest BCUT2D eigenvalue weighted by Crippen LogP contribution is -2.33. The van der Waals surface area contributed by atoms with Crippen molar-refractivity contribution in [3.63, 3.8) is 0 Å². The van der Waals surface area contributed by atoms with Gasteiger partial charge >= 0.3 is 12.0 Å². The number of halogens is 2. The van der Waals surface area contributed by atoms with E-state index in [0.29, 0.717) is 27.5 Å². The third-order valence-corrected chi connectivity index (χ3v) is 4.61. The van der Waals surface area contributed by atoms with Crippen molar-refractivity contribution >= 4 is 29.4 Å². The molecule has 3 rings (SSSR count). The van der Waals surface area contributed by atoms with Crippen LogP contribution >= 0.6 is 11.6 Å². The Kier molecular flexibility index (Phi) is 7.04. The van der Waals surface area contributed by atoms with Gasteiger partial charge in [-0.3, -0.25) is 10.1 Å². The number of nitrogens with zero attached hydrogens (tertiary/aromatic N) is 1. The van der Waals surface area contributed by atoms with Gasteiger partial charge in [-0.2, -0.15) is 0 Å². The van der Waals surface area contributed by atoms with Crippen LogP contribution in [0.1, 0.15) is 11.1 Å². The maximum Gasteiger partial charge on any atom is 0.323 e. The molecule has 0 radical (unpaired) electrons. The second kappa shape index (κ2) is 9.90. The minimum atomic E-state index is -1.16. The van der Waals surface area contributed by atoms with Crippen molar-refractivity contribution in [2.75, 3.05) is 19.0 Å². The number of aliphatic carboxylic acids is 1. The predicted octanol–water partition coefficient (Wildman–Crippen LogP) is 4.35. The smallest absolute Gasteiger partial charge is 0.323 e. The van der Waals surface area contributed by atoms with Gasteiger partial charge in [0.1, 0.15) is 23.9 Å². The van der Waals surface area contributed by atoms with Crippen molar-refractivity contribution in [2.45, 2.75) is 6.42 Å². The van der Waals surface area contributed by atoms with Crippen LogP contribution in [0.15, 0.2) is 54.7 Å². The number of urea groups is 1. The number of aromatic nitrogens is 1. The van der Waals surface area contributed by atoms with Crippen molar-refractivity contribution in [3.05, 3.63) is 76.7 Å². The van der Waals surface area contributed by atoms with Gasteiger partial charge in [0.2, 0.25) is 0 Å². The van der Waals surface area contributed by atoms with Gasteiger partial charge in [-0.05, 0) is 41.0 Å². The van der Waals surface area contributed by atoms with Crippen LogP contribution in [0.2, 0.25) is 5.02 Å². The van der Waals surface area contributed by atoms with Crippen molar-refractivity contribution in [2.24, 2.45) is 0 Å². The number of amides is 2. The standard InChI is InChI=1S/C22H19ClFN3O4/c1-31-17-7-6-15(21(24)20(17)14-3-2-4-16(23)10-14)9-13-5-8-18(25-11-13)27-22(30)26-12-19(28)29/h2-8,10-11H,9,12H2,1H3,(H,28,29)(H2,25,26,27,30). The lowest BCUT2D eigenvalue weighted by molar-refractivity contribution is -0.135. The van der Waals surface area contributed by atoms with Crippen LogP contribution in [-0.2, 0) is 11.2 Å². The number of nitrogens with one attached hydrogen (secondary N) is 2. The Hall–Kier alpha value is -3.65. The first-order valence-corrected chi connectivity index (χ1v) is 9.58. The van der Waals surface area contributed by atoms with E-state index in [2.05, 4.69) is 15.6 Å². The third-order valence-electron chi connectivity index (χ3n) is 4.38. The molecule has 1 aromatic heterocycles. The number of carboxylic acids is 1. The minimum Gasteiger partial charge on any atom is -0.496 e. The molecule has 3 N–H and O–H groups in total. The normalized spacial score (nSPS) is 10.4. The van der Waals surface area contributed by atoms with Crippen molar-refractivity contribution in [1.29, 1.82) is 0 Å². The lowest BCUT2D eigenvalue weighted by Gasteiger charge is -2.14. The molecule has 0 unspecified atom stereocenters. The predicted molar refractivity (Wildman–Crippen MR) is 115 cm³/mol. The number of benzene rings is 2. The van der Waals surface area contributed by atoms with Crippen LogP contribution in [0.25, 0.3) is 11.1 Å². The molecule has 3 aromatic rings. The van der Waals surface area contributed by atoms with E-state index in [9.17, 15) is 9.59 Å². The number of ether oxygens (including phenoxy) is 1. The Morgan fingerprint density at radius 3 is 2.65 bits per heavy atom. The molecular weight excluding hydrogens is 425 g/mol. The van der Waals surface area contributed by atoms with E-state index < -0.39 is 24.4 Å². The van der Waals surface area contributed by atoms with Gasteiger partial charge in [-0.25, -0.2) is 14.2 Å². The first-order chi connectivity index (χ1) is 14.9. The number of pyridine rings is 1. The quantitative estimate of drug-likeness (QED) is 0.504. The molecule has 0 bridgehead atoms. The molecule has 2 aromatic carbocycles. The molecule has 160 valence electrons. The summed E-state index contributed by atoms with van der Waals surface area (Å²) in [5.74, 6) is -0.941. The molecule has 0 aliphatic heterocycles. The Morgan fingerprint density at radius 2 is 2.00 bits per heavy atom. The van der Waals surface area contributed by atoms with Gasteiger partial charge in [0.15, 0.2) is 0 Å². The highest BCUT2D eigenvalue weighted by atomic mass is 35.5. The van der Waals surface area contributed by atoms with E-state index in [4.69, 9.17) is 21.4 Å². The molecule has 31 heavy (non-hydrogen) atoms. The number of methoxy groups -OCH3 is 1. The first kappa shape index (κ1) is 22.0. The van der Waals surface area contributed by atoms with Crippen LogP contribution in [0, 0.1) is 5.82 Å². The van der Waals surface area contributed by atoms with Gasteiger partial charge in [-0.15, -0.1) is 0 Å². The van der Waals surface area contributed by atoms with Gasteiger partial charge in [0.05, 0.1) is 12.7 Å². The number of carbonyl (C=O) groups is 2. The average molecular weight is 444 g/mol. The van der Waals surface area contributed by atoms with Gasteiger partial charge in [0, 0.05) is 17.6 Å². The molecule has 7 nitrogen and oxygen atoms in total. The van der Waals surface area contributed by atoms with Gasteiger partial charge in [0.25, 0.3) is 0 Å². The SMILES string of the molecule is COc1ccc(Cc2ccc(NC(=O)NCC(=O)O)nc2)c(F)c1-c1cccc(Cl)c1. The summed E-state index contributed by atoms with van der Waals surface area (Å²) in [4.78, 5) is 26.2. The highest BCUT2D eigenvalue weighted by molar-refractivity contribution is 6.30. The number of anilines is 1. The fourth-order valence-electron chi connectivity index (χ4n) is 2.96. The summed E-state index contributed by atoms with van der Waals surface area (Å²) < 4.78 is 20.7. The van der Waals surface area contributed by atoms with Crippen LogP contribution in [0.4, 0.5) is 15.0 Å². The highest BCUT2D eigenvalue weighted by Crippen LogP contribution is 2.36. The Bertz CT molecular complexity index is 1110. The molecule has 0 fully saturated rings. The molecule has 0 saturated heterocycles. The van der Waals surface area contributed by atoms with E-state index in [1.54, 1.807) is 48.5 Å². The number of hydrogen-bond donors (Lipinski definition) is 3. The topological polar surface area (TPSA) is 101 Å². The molecule has 0 aliphatic rings. The Balaban J connectivity index is 1.79. The maximum atomic E-state index is 15.4. The van der Waals surface area contributed by atoms with Crippen molar-refractivity contribution < 1.29 is 23.8 Å². The fourth-order valence-corrected chi connectivity index (χ4v) is 3.15. The second-order valence-corrected chi connectivity index (χ2v) is 6.99. The number of rotatable bonds is 7. The summed E-state index contributed by atoms with van der Waals surface area (Å²) in [6.45, 7) is -0.504. The summed E-state index contributed by atoms with van der Waals surface area (Å²) in [6.07, 6.45) is 1.78. The summed E-state index contributed by atoms with van der Waals surface area (Å²) in [5.41, 5.74) is 2.09. The lowest BCUT2D eigenvalue weighted by atomic mass is 9.97. The van der Waals surface area contributed by atoms with Crippen molar-refractivity contribution in [3.8, 4) is 16.9 Å². The molecule has 1 heterocycles. The first-order valence-electron chi connectivity index (χ1n) is 9.20. The zero-order valence-corrected chi connectivity index (χ0v) is 17.2. The summed E-state index contributed by atoms with van der Waals surface area (Å²) in [7, 11) is 1.48. The van der Waals surface area contributed by atoms with Gasteiger partial charge in [-0.1, -0.05) is 35.9 Å². The zero-order chi connectivity index (χ0) is 22.4. The molecule has 0 atom stereocenters. The van der Waals surface area contributed by atoms with Crippen LogP contribution in [0.5, 0.6) is 5.75 Å². The number of carbonyl (C=O) groups excluding carboxylic acids is 1. The molecule has 2 amide bonds. The number of hydrogen-bond acceptors (Lipinski definition) is 4. The van der Waals surface area contributed by atoms with E-state index in [-0.39, 0.29) is 12.2 Å². The monoisotopic (exact) mass is 443 g/mol. The Labute approximate surface area is 182 Å². The minimum absolute atomic E-state index is 0.237. The summed E-state index contributed by atoms with van der Waals surface area (Å²) in [6, 6.07) is 12.8. The second-order valence-electron chi connectivity index (χ2n) is 6.56. The van der Waals surface area contributed by atoms with E-state index in [0.717, 1.165) is 5.56 Å². The zero-order valence-electron chi connectivity index (χ0n) is 16.5. The molecule has 0 saturated carbocycles. The fraction of sp³-hybridized carbons (Fsp3) is 0.136. The van der Waals surface area contributed by atoms with Crippen LogP contribution < -0.4 is 15.4 Å². The van der Waals surface area contributed by atoms with Crippen LogP contribution in [-0.4, -0.2) is 35.7 Å². The van der Waals surface area contributed by atoms with E-state index in [1.165, 1.54) is 13.3 Å². The largest absolute Gasteiger partial charge is 0.496 e. The highest BCUT2D eigenvalue weighted by Gasteiger charge is 2.17. The molecule has 0 aliphatic carbocycles. The van der Waals surface area contributed by atoms with E-state index in [1.807, 2.05) is 0 Å². The summed E-state index contributed by atoms with van der Waals surface area (Å²) >= 11 is 6.06. The maximum absolute atomic E-state index is 15.4. The van der Waals surface area contributed by atoms with Crippen LogP contribution in [0.3, 0.4) is 0 Å². The van der Waals surface area contributed by atoms with E-state index >= 15 is 4.39 Å². The van der Waals surface area contributed by atoms with Gasteiger partial charge < -0.3 is 15.2 Å². The van der Waals surface area contributed by atoms with Crippen molar-refractivity contribution in [1.82, 2.24) is 10.3 Å². The third kappa shape index (κ3) is 5.70. The number of carboxylic acid groups (broad SMARTS) is 1. The average Bonchev–Trinajstić information content (AvgIpc) is 2.74. The molecular formula is C22H19ClFN3O4. The molecule has 9 heteroatoms.